The number of oxazole rings is 1. The Morgan fingerprint density at radius 1 is 1.45 bits per heavy atom. The normalized spacial score (nSPS) is 22.6. The lowest BCUT2D eigenvalue weighted by molar-refractivity contribution is 0.0906. The molecule has 1 N–H and O–H groups in total. The lowest BCUT2D eigenvalue weighted by atomic mass is 9.86. The Balaban J connectivity index is 1.76. The summed E-state index contributed by atoms with van der Waals surface area (Å²) in [6.07, 6.45) is 6.03. The minimum absolute atomic E-state index is 0.124. The van der Waals surface area contributed by atoms with Crippen LogP contribution < -0.4 is 5.32 Å². The van der Waals surface area contributed by atoms with Gasteiger partial charge in [0.1, 0.15) is 0 Å². The van der Waals surface area contributed by atoms with Crippen molar-refractivity contribution < 1.29 is 9.21 Å². The van der Waals surface area contributed by atoms with E-state index in [0.29, 0.717) is 17.4 Å². The molecule has 0 radical (unpaired) electrons. The number of hydrogen-bond acceptors (Lipinski definition) is 4. The Labute approximate surface area is 122 Å². The highest BCUT2D eigenvalue weighted by Gasteiger charge is 2.26. The fourth-order valence-corrected chi connectivity index (χ4v) is 3.47. The largest absolute Gasteiger partial charge is 0.442 e. The molecule has 2 aromatic heterocycles. The third-order valence-electron chi connectivity index (χ3n) is 3.96. The number of thiophene rings is 1. The zero-order chi connectivity index (χ0) is 13.9. The summed E-state index contributed by atoms with van der Waals surface area (Å²) in [5, 5.41) is 5.08. The fraction of sp³-hybridized carbons (Fsp3) is 0.467. The molecule has 0 saturated heterocycles. The summed E-state index contributed by atoms with van der Waals surface area (Å²) in [7, 11) is 0. The number of hydrogen-bond donors (Lipinski definition) is 1. The highest BCUT2D eigenvalue weighted by atomic mass is 32.1. The Morgan fingerprint density at radius 2 is 2.30 bits per heavy atom. The van der Waals surface area contributed by atoms with E-state index in [1.165, 1.54) is 25.7 Å². The van der Waals surface area contributed by atoms with E-state index in [0.717, 1.165) is 11.3 Å². The lowest BCUT2D eigenvalue weighted by Gasteiger charge is -2.29. The summed E-state index contributed by atoms with van der Waals surface area (Å²) in [4.78, 5) is 17.4. The van der Waals surface area contributed by atoms with Crippen molar-refractivity contribution in [2.45, 2.75) is 38.6 Å². The molecule has 5 heteroatoms. The van der Waals surface area contributed by atoms with Crippen molar-refractivity contribution in [1.29, 1.82) is 0 Å². The van der Waals surface area contributed by atoms with Crippen LogP contribution in [0, 0.1) is 5.92 Å². The molecule has 4 nitrogen and oxygen atoms in total. The van der Waals surface area contributed by atoms with E-state index in [-0.39, 0.29) is 11.9 Å². The summed E-state index contributed by atoms with van der Waals surface area (Å²) < 4.78 is 5.38. The number of nitrogens with one attached hydrogen (secondary N) is 1. The van der Waals surface area contributed by atoms with Gasteiger partial charge in [-0.15, -0.1) is 11.3 Å². The zero-order valence-corrected chi connectivity index (χ0v) is 12.3. The minimum Gasteiger partial charge on any atom is -0.442 e. The highest BCUT2D eigenvalue weighted by Crippen LogP contribution is 2.28. The third-order valence-corrected chi connectivity index (χ3v) is 4.82. The molecule has 0 aliphatic heterocycles. The summed E-state index contributed by atoms with van der Waals surface area (Å²) >= 11 is 1.55. The maximum atomic E-state index is 12.4. The predicted molar refractivity (Wildman–Crippen MR) is 78.7 cm³/mol. The van der Waals surface area contributed by atoms with Crippen LogP contribution in [0.4, 0.5) is 0 Å². The van der Waals surface area contributed by atoms with Crippen LogP contribution in [0.3, 0.4) is 0 Å². The van der Waals surface area contributed by atoms with Crippen LogP contribution >= 0.6 is 11.3 Å². The van der Waals surface area contributed by atoms with Crippen LogP contribution in [-0.4, -0.2) is 16.9 Å². The van der Waals surface area contributed by atoms with Gasteiger partial charge in [-0.3, -0.25) is 4.79 Å². The van der Waals surface area contributed by atoms with Gasteiger partial charge in [-0.25, -0.2) is 4.98 Å². The SMILES string of the molecule is C[C@@H]1CCCC[C@H]1NC(=O)c1ncoc1-c1cccs1. The molecule has 1 amide bonds. The summed E-state index contributed by atoms with van der Waals surface area (Å²) in [6.45, 7) is 2.20. The lowest BCUT2D eigenvalue weighted by Crippen LogP contribution is -2.41. The molecule has 2 atom stereocenters. The van der Waals surface area contributed by atoms with E-state index in [9.17, 15) is 4.79 Å². The van der Waals surface area contributed by atoms with E-state index in [4.69, 9.17) is 4.42 Å². The van der Waals surface area contributed by atoms with Gasteiger partial charge in [0.25, 0.3) is 5.91 Å². The van der Waals surface area contributed by atoms with Crippen LogP contribution in [0.1, 0.15) is 43.1 Å². The number of nitrogens with zero attached hydrogens (tertiary/aromatic N) is 1. The Morgan fingerprint density at radius 3 is 3.05 bits per heavy atom. The maximum Gasteiger partial charge on any atom is 0.274 e. The van der Waals surface area contributed by atoms with Gasteiger partial charge in [0.2, 0.25) is 0 Å². The van der Waals surface area contributed by atoms with Gasteiger partial charge in [-0.05, 0) is 30.2 Å². The predicted octanol–water partition coefficient (Wildman–Crippen LogP) is 3.71. The first-order valence-corrected chi connectivity index (χ1v) is 7.92. The van der Waals surface area contributed by atoms with Crippen LogP contribution in [0.2, 0.25) is 0 Å². The standard InChI is InChI=1S/C15H18N2O2S/c1-10-5-2-3-6-11(10)17-15(18)13-14(19-9-16-13)12-7-4-8-20-12/h4,7-11H,2-3,5-6H2,1H3,(H,17,18)/t10-,11-/m1/s1. The second-order valence-electron chi connectivity index (χ2n) is 5.35. The average molecular weight is 290 g/mol. The fourth-order valence-electron chi connectivity index (χ4n) is 2.76. The highest BCUT2D eigenvalue weighted by molar-refractivity contribution is 7.13. The smallest absolute Gasteiger partial charge is 0.274 e. The topological polar surface area (TPSA) is 55.1 Å². The maximum absolute atomic E-state index is 12.4. The first-order valence-electron chi connectivity index (χ1n) is 7.04. The summed E-state index contributed by atoms with van der Waals surface area (Å²) in [5.74, 6) is 0.978. The second kappa shape index (κ2) is 5.79. The van der Waals surface area contributed by atoms with Gasteiger partial charge in [0.15, 0.2) is 17.8 Å². The van der Waals surface area contributed by atoms with Crippen LogP contribution in [0.5, 0.6) is 0 Å². The first kappa shape index (κ1) is 13.4. The molecule has 1 aliphatic carbocycles. The summed E-state index contributed by atoms with van der Waals surface area (Å²) in [6, 6.07) is 4.13. The van der Waals surface area contributed by atoms with E-state index >= 15 is 0 Å². The van der Waals surface area contributed by atoms with Gasteiger partial charge in [-0.1, -0.05) is 25.8 Å². The molecule has 0 bridgehead atoms. The molecule has 3 rings (SSSR count). The minimum atomic E-state index is -0.124. The number of carbonyl (C=O) groups is 1. The number of aromatic nitrogens is 1. The van der Waals surface area contributed by atoms with Crippen molar-refractivity contribution in [2.24, 2.45) is 5.92 Å². The molecule has 1 saturated carbocycles. The van der Waals surface area contributed by atoms with Crippen molar-refractivity contribution in [3.05, 3.63) is 29.6 Å². The van der Waals surface area contributed by atoms with Gasteiger partial charge >= 0.3 is 0 Å². The van der Waals surface area contributed by atoms with E-state index in [1.54, 1.807) is 11.3 Å². The molecule has 0 aromatic carbocycles. The molecule has 20 heavy (non-hydrogen) atoms. The Kier molecular flexibility index (Phi) is 3.87. The third kappa shape index (κ3) is 2.63. The van der Waals surface area contributed by atoms with Crippen molar-refractivity contribution in [2.75, 3.05) is 0 Å². The monoisotopic (exact) mass is 290 g/mol. The Hall–Kier alpha value is -1.62. The molecule has 0 spiro atoms. The van der Waals surface area contributed by atoms with Crippen molar-refractivity contribution in [1.82, 2.24) is 10.3 Å². The number of amides is 1. The quantitative estimate of drug-likeness (QED) is 0.937. The summed E-state index contributed by atoms with van der Waals surface area (Å²) in [5.41, 5.74) is 0.394. The van der Waals surface area contributed by atoms with Crippen LogP contribution in [0.15, 0.2) is 28.3 Å². The average Bonchev–Trinajstić information content (AvgIpc) is 3.11. The van der Waals surface area contributed by atoms with Gasteiger partial charge < -0.3 is 9.73 Å². The number of rotatable bonds is 3. The molecular weight excluding hydrogens is 272 g/mol. The van der Waals surface area contributed by atoms with Crippen LogP contribution in [0.25, 0.3) is 10.6 Å². The van der Waals surface area contributed by atoms with Crippen molar-refractivity contribution >= 4 is 17.2 Å². The van der Waals surface area contributed by atoms with E-state index < -0.39 is 0 Å². The van der Waals surface area contributed by atoms with Gasteiger partial charge in [-0.2, -0.15) is 0 Å². The van der Waals surface area contributed by atoms with E-state index in [1.807, 2.05) is 17.5 Å². The Bertz CT molecular complexity index is 576. The van der Waals surface area contributed by atoms with E-state index in [2.05, 4.69) is 17.2 Å². The first-order chi connectivity index (χ1) is 9.75. The molecular formula is C15H18N2O2S. The molecule has 0 unspecified atom stereocenters. The molecule has 1 fully saturated rings. The van der Waals surface area contributed by atoms with Gasteiger partial charge in [0.05, 0.1) is 4.88 Å². The second-order valence-corrected chi connectivity index (χ2v) is 6.30. The van der Waals surface area contributed by atoms with Gasteiger partial charge in [0, 0.05) is 6.04 Å². The zero-order valence-electron chi connectivity index (χ0n) is 11.5. The van der Waals surface area contributed by atoms with Crippen LogP contribution in [-0.2, 0) is 0 Å². The molecule has 2 heterocycles. The number of carbonyl (C=O) groups excluding carboxylic acids is 1. The van der Waals surface area contributed by atoms with Crippen molar-refractivity contribution in [3.63, 3.8) is 0 Å². The molecule has 1 aliphatic rings. The van der Waals surface area contributed by atoms with Crippen molar-refractivity contribution in [3.8, 4) is 10.6 Å². The molecule has 2 aromatic rings. The molecule has 106 valence electrons.